The molecule has 0 amide bonds. The average molecular weight is 388 g/mol. The van der Waals surface area contributed by atoms with Crippen LogP contribution in [0.3, 0.4) is 0 Å². The maximum absolute atomic E-state index is 5.45. The molecule has 2 nitrogen and oxygen atoms in total. The number of nitrogens with zero attached hydrogens (tertiary/aromatic N) is 1. The Balaban J connectivity index is 1.59. The maximum atomic E-state index is 5.45. The van der Waals surface area contributed by atoms with Crippen LogP contribution in [-0.4, -0.2) is 30.1 Å². The van der Waals surface area contributed by atoms with Crippen molar-refractivity contribution >= 4 is 16.8 Å². The molecule has 1 aliphatic heterocycles. The van der Waals surface area contributed by atoms with E-state index in [-0.39, 0.29) is 0 Å². The van der Waals surface area contributed by atoms with Crippen molar-refractivity contribution in [1.82, 2.24) is 0 Å². The van der Waals surface area contributed by atoms with Gasteiger partial charge in [-0.2, -0.15) is 0 Å². The van der Waals surface area contributed by atoms with E-state index in [1.165, 1.54) is 23.5 Å². The van der Waals surface area contributed by atoms with Crippen LogP contribution < -0.4 is 0 Å². The molecule has 1 aliphatic carbocycles. The van der Waals surface area contributed by atoms with Crippen molar-refractivity contribution in [1.29, 1.82) is 0 Å². The van der Waals surface area contributed by atoms with Gasteiger partial charge in [-0.1, -0.05) is 55.4 Å². The summed E-state index contributed by atoms with van der Waals surface area (Å²) in [6.07, 6.45) is 21.5. The molecule has 4 atom stereocenters. The van der Waals surface area contributed by atoms with Gasteiger partial charge in [0, 0.05) is 18.8 Å². The van der Waals surface area contributed by atoms with Gasteiger partial charge in [0.15, 0.2) is 0 Å². The van der Waals surface area contributed by atoms with E-state index >= 15 is 0 Å². The number of thioether (sulfide) groups is 1. The number of ether oxygens (including phenoxy) is 1. The summed E-state index contributed by atoms with van der Waals surface area (Å²) in [5, 5.41) is 1.43. The van der Waals surface area contributed by atoms with Crippen LogP contribution in [0.25, 0.3) is 0 Å². The molecule has 2 aliphatic rings. The molecule has 0 aromatic rings. The van der Waals surface area contributed by atoms with Gasteiger partial charge in [0.25, 0.3) is 0 Å². The van der Waals surface area contributed by atoms with E-state index in [0.717, 1.165) is 49.7 Å². The van der Waals surface area contributed by atoms with Gasteiger partial charge >= 0.3 is 0 Å². The highest BCUT2D eigenvalue weighted by atomic mass is 32.2. The van der Waals surface area contributed by atoms with Crippen molar-refractivity contribution < 1.29 is 4.74 Å². The second-order valence-electron chi connectivity index (χ2n) is 7.72. The lowest BCUT2D eigenvalue weighted by atomic mass is 10.1. The van der Waals surface area contributed by atoms with Gasteiger partial charge in [0.1, 0.15) is 0 Å². The molecule has 1 heterocycles. The van der Waals surface area contributed by atoms with E-state index in [4.69, 9.17) is 9.73 Å². The van der Waals surface area contributed by atoms with E-state index in [2.05, 4.69) is 50.8 Å². The zero-order valence-corrected chi connectivity index (χ0v) is 18.2. The molecular formula is C24H37NOS. The highest BCUT2D eigenvalue weighted by Crippen LogP contribution is 2.46. The third-order valence-corrected chi connectivity index (χ3v) is 6.67. The number of hydrogen-bond acceptors (Lipinski definition) is 3. The first-order chi connectivity index (χ1) is 13.2. The molecule has 0 aromatic heterocycles. The Bertz CT molecular complexity index is 575. The predicted molar refractivity (Wildman–Crippen MR) is 122 cm³/mol. The van der Waals surface area contributed by atoms with Gasteiger partial charge in [-0.15, -0.1) is 18.3 Å². The van der Waals surface area contributed by atoms with Crippen LogP contribution in [0.4, 0.5) is 0 Å². The Morgan fingerprint density at radius 2 is 2.19 bits per heavy atom. The van der Waals surface area contributed by atoms with Crippen LogP contribution in [0.1, 0.15) is 58.8 Å². The summed E-state index contributed by atoms with van der Waals surface area (Å²) in [6, 6.07) is 0.415. The first-order valence-electron chi connectivity index (χ1n) is 10.5. The lowest BCUT2D eigenvalue weighted by Gasteiger charge is -2.12. The lowest BCUT2D eigenvalue weighted by molar-refractivity contribution is 0.0981. The Labute approximate surface area is 170 Å². The minimum Gasteiger partial charge on any atom is -0.381 e. The molecule has 0 bridgehead atoms. The molecule has 0 radical (unpaired) electrons. The molecule has 1 saturated carbocycles. The Hall–Kier alpha value is -1.06. The highest BCUT2D eigenvalue weighted by Gasteiger charge is 2.41. The molecular weight excluding hydrogens is 350 g/mol. The largest absolute Gasteiger partial charge is 0.381 e. The van der Waals surface area contributed by atoms with Gasteiger partial charge < -0.3 is 4.74 Å². The van der Waals surface area contributed by atoms with Crippen molar-refractivity contribution in [2.45, 2.75) is 70.9 Å². The first kappa shape index (κ1) is 22.2. The van der Waals surface area contributed by atoms with Crippen molar-refractivity contribution in [3.05, 3.63) is 48.6 Å². The van der Waals surface area contributed by atoms with Crippen LogP contribution in [-0.2, 0) is 4.74 Å². The van der Waals surface area contributed by atoms with E-state index in [1.807, 2.05) is 17.8 Å². The monoisotopic (exact) mass is 387 g/mol. The predicted octanol–water partition coefficient (Wildman–Crippen LogP) is 6.76. The van der Waals surface area contributed by atoms with E-state index in [1.54, 1.807) is 7.11 Å². The number of aliphatic imine (C=N–C) groups is 1. The van der Waals surface area contributed by atoms with Gasteiger partial charge in [-0.3, -0.25) is 4.99 Å². The minimum atomic E-state index is 0.296. The Kier molecular flexibility index (Phi) is 10.2. The van der Waals surface area contributed by atoms with Crippen molar-refractivity contribution in [3.8, 4) is 0 Å². The van der Waals surface area contributed by atoms with E-state index in [9.17, 15) is 0 Å². The van der Waals surface area contributed by atoms with Crippen LogP contribution in [0.15, 0.2) is 53.6 Å². The number of rotatable bonds is 13. The van der Waals surface area contributed by atoms with Crippen LogP contribution >= 0.6 is 11.8 Å². The summed E-state index contributed by atoms with van der Waals surface area (Å²) in [5.41, 5.74) is 1.41. The van der Waals surface area contributed by atoms with Crippen molar-refractivity contribution in [2.75, 3.05) is 12.9 Å². The van der Waals surface area contributed by atoms with Crippen molar-refractivity contribution in [3.63, 3.8) is 0 Å². The number of allylic oxidation sites excluding steroid dienone is 5. The molecule has 2 rings (SSSR count). The minimum absolute atomic E-state index is 0.296. The molecule has 1 fully saturated rings. The standard InChI is InChI=1S/C24H37NOS/c1-5-12-22(26-4)16-15-19(3)13-10-8-7-9-11-14-21-18-27-24(25-21)23-17-20(23)6-2/h5,8,10-11,13-14,20-23H,1,6-7,9,12,15-18H2,2-4H3/b10-8+,14-11-,19-13+/t20?,21-,22+,23-/m1/s1. The topological polar surface area (TPSA) is 21.6 Å². The van der Waals surface area contributed by atoms with Gasteiger partial charge in [0.2, 0.25) is 0 Å². The summed E-state index contributed by atoms with van der Waals surface area (Å²) in [5.74, 6) is 2.86. The summed E-state index contributed by atoms with van der Waals surface area (Å²) < 4.78 is 5.45. The van der Waals surface area contributed by atoms with Gasteiger partial charge in [-0.25, -0.2) is 0 Å². The lowest BCUT2D eigenvalue weighted by Crippen LogP contribution is -2.08. The van der Waals surface area contributed by atoms with Crippen LogP contribution in [0.5, 0.6) is 0 Å². The molecule has 0 N–H and O–H groups in total. The second kappa shape index (κ2) is 12.4. The summed E-state index contributed by atoms with van der Waals surface area (Å²) in [6.45, 7) is 8.28. The zero-order chi connectivity index (χ0) is 19.5. The summed E-state index contributed by atoms with van der Waals surface area (Å²) >= 11 is 1.99. The number of hydrogen-bond donors (Lipinski definition) is 0. The fourth-order valence-electron chi connectivity index (χ4n) is 3.48. The van der Waals surface area contributed by atoms with Gasteiger partial charge in [-0.05, 0) is 51.4 Å². The molecule has 1 unspecified atom stereocenters. The molecule has 0 saturated heterocycles. The Morgan fingerprint density at radius 1 is 1.37 bits per heavy atom. The fraction of sp³-hybridized carbons (Fsp3) is 0.625. The summed E-state index contributed by atoms with van der Waals surface area (Å²) in [7, 11) is 1.78. The fourth-order valence-corrected chi connectivity index (χ4v) is 4.72. The van der Waals surface area contributed by atoms with E-state index < -0.39 is 0 Å². The number of unbranched alkanes of at least 4 members (excludes halogenated alkanes) is 1. The molecule has 0 spiro atoms. The molecule has 3 heteroatoms. The third-order valence-electron chi connectivity index (χ3n) is 5.46. The molecule has 150 valence electrons. The Morgan fingerprint density at radius 3 is 2.89 bits per heavy atom. The first-order valence-corrected chi connectivity index (χ1v) is 11.5. The van der Waals surface area contributed by atoms with Gasteiger partial charge in [0.05, 0.1) is 17.2 Å². The normalized spacial score (nSPS) is 26.7. The molecule has 27 heavy (non-hydrogen) atoms. The van der Waals surface area contributed by atoms with Crippen LogP contribution in [0.2, 0.25) is 0 Å². The zero-order valence-electron chi connectivity index (χ0n) is 17.4. The van der Waals surface area contributed by atoms with E-state index in [0.29, 0.717) is 12.1 Å². The quantitative estimate of drug-likeness (QED) is 0.198. The maximum Gasteiger partial charge on any atom is 0.0783 e. The second-order valence-corrected chi connectivity index (χ2v) is 8.76. The van der Waals surface area contributed by atoms with Crippen LogP contribution in [0, 0.1) is 11.8 Å². The smallest absolute Gasteiger partial charge is 0.0783 e. The molecule has 0 aromatic carbocycles. The third kappa shape index (κ3) is 8.23. The SMILES string of the molecule is C=CC[C@@H](CC/C(C)=C/C=C/CC/C=C\[C@@H]1CSC([C@@H]2CC2CC)=N1)OC. The highest BCUT2D eigenvalue weighted by molar-refractivity contribution is 8.14. The average Bonchev–Trinajstić information content (AvgIpc) is 3.33. The van der Waals surface area contributed by atoms with Crippen molar-refractivity contribution in [2.24, 2.45) is 16.8 Å². The summed E-state index contributed by atoms with van der Waals surface area (Å²) in [4.78, 5) is 4.91. The number of methoxy groups -OCH3 is 1.